The van der Waals surface area contributed by atoms with Crippen LogP contribution in [0.1, 0.15) is 39.5 Å². The van der Waals surface area contributed by atoms with E-state index in [1.54, 1.807) is 0 Å². The highest BCUT2D eigenvalue weighted by Gasteiger charge is 2.61. The van der Waals surface area contributed by atoms with Gasteiger partial charge in [0, 0.05) is 24.2 Å². The SMILES string of the molecule is C[C@]12CC(Cl)C(Cl)[C@@](C)(CO)[C@@H]1CCC(=O)[C@@H]2CC1OCCO1. The van der Waals surface area contributed by atoms with Crippen molar-refractivity contribution >= 4 is 29.0 Å². The number of hydrogen-bond acceptors (Lipinski definition) is 4. The lowest BCUT2D eigenvalue weighted by atomic mass is 9.47. The van der Waals surface area contributed by atoms with Crippen LogP contribution >= 0.6 is 23.2 Å². The molecule has 0 radical (unpaired) electrons. The van der Waals surface area contributed by atoms with E-state index in [4.69, 9.17) is 32.7 Å². The maximum atomic E-state index is 12.7. The molecule has 6 heteroatoms. The van der Waals surface area contributed by atoms with Crippen LogP contribution in [-0.2, 0) is 14.3 Å². The molecule has 0 aromatic carbocycles. The molecule has 6 atom stereocenters. The molecule has 1 saturated heterocycles. The van der Waals surface area contributed by atoms with Gasteiger partial charge in [-0.3, -0.25) is 4.79 Å². The van der Waals surface area contributed by atoms with Gasteiger partial charge in [-0.15, -0.1) is 23.2 Å². The van der Waals surface area contributed by atoms with Crippen molar-refractivity contribution in [2.24, 2.45) is 22.7 Å². The predicted octanol–water partition coefficient (Wildman–Crippen LogP) is 2.97. The normalized spacial score (nSPS) is 48.5. The van der Waals surface area contributed by atoms with Crippen LogP contribution in [-0.4, -0.2) is 47.8 Å². The van der Waals surface area contributed by atoms with Gasteiger partial charge in [-0.05, 0) is 24.2 Å². The van der Waals surface area contributed by atoms with Crippen LogP contribution in [0, 0.1) is 22.7 Å². The van der Waals surface area contributed by atoms with Crippen molar-refractivity contribution in [2.45, 2.75) is 56.6 Å². The average Bonchev–Trinajstić information content (AvgIpc) is 3.02. The standard InChI is InChI=1S/C17H26Cl2O4/c1-16-8-11(18)15(19)17(2,9-20)13(16)4-3-12(21)10(16)7-14-22-5-6-23-14/h10-11,13-15,20H,3-9H2,1-2H3/t10-,11?,13+,15?,16+,17-/m0/s1. The van der Waals surface area contributed by atoms with Crippen LogP contribution in [0.5, 0.6) is 0 Å². The Labute approximate surface area is 147 Å². The van der Waals surface area contributed by atoms with E-state index in [1.165, 1.54) is 0 Å². The summed E-state index contributed by atoms with van der Waals surface area (Å²) < 4.78 is 11.1. The van der Waals surface area contributed by atoms with E-state index < -0.39 is 5.41 Å². The number of rotatable bonds is 3. The highest BCUT2D eigenvalue weighted by atomic mass is 35.5. The number of aliphatic hydroxyl groups is 1. The van der Waals surface area contributed by atoms with E-state index in [0.717, 1.165) is 6.42 Å². The number of Topliss-reactive ketones (excluding diaryl/α,β-unsaturated/α-hetero) is 1. The molecule has 0 aromatic heterocycles. The minimum Gasteiger partial charge on any atom is -0.396 e. The molecule has 1 heterocycles. The third-order valence-electron chi connectivity index (χ3n) is 6.50. The van der Waals surface area contributed by atoms with Gasteiger partial charge in [0.2, 0.25) is 0 Å². The Kier molecular flexibility index (Phi) is 5.03. The second kappa shape index (κ2) is 6.45. The first-order valence-corrected chi connectivity index (χ1v) is 9.35. The summed E-state index contributed by atoms with van der Waals surface area (Å²) in [4.78, 5) is 12.7. The molecule has 3 rings (SSSR count). The Hall–Kier alpha value is 0.130. The second-order valence-electron chi connectivity index (χ2n) is 7.81. The summed E-state index contributed by atoms with van der Waals surface area (Å²) in [6.45, 7) is 5.31. The molecule has 0 bridgehead atoms. The first kappa shape index (κ1) is 17.9. The molecule has 1 aliphatic heterocycles. The number of fused-ring (bicyclic) bond motifs is 1. The number of hydrogen-bond donors (Lipinski definition) is 1. The lowest BCUT2D eigenvalue weighted by molar-refractivity contribution is -0.156. The van der Waals surface area contributed by atoms with E-state index in [2.05, 4.69) is 6.92 Å². The Bertz CT molecular complexity index is 468. The van der Waals surface area contributed by atoms with Gasteiger partial charge in [0.05, 0.1) is 30.6 Å². The van der Waals surface area contributed by atoms with E-state index in [9.17, 15) is 9.90 Å². The van der Waals surface area contributed by atoms with E-state index in [-0.39, 0.29) is 46.7 Å². The summed E-state index contributed by atoms with van der Waals surface area (Å²) in [6, 6.07) is 0. The minimum atomic E-state index is -0.475. The maximum absolute atomic E-state index is 12.7. The van der Waals surface area contributed by atoms with Crippen molar-refractivity contribution in [1.29, 1.82) is 0 Å². The molecule has 3 fully saturated rings. The van der Waals surface area contributed by atoms with Crippen LogP contribution in [0.3, 0.4) is 0 Å². The highest BCUT2D eigenvalue weighted by molar-refractivity contribution is 6.30. The number of halogens is 2. The Balaban J connectivity index is 1.92. The van der Waals surface area contributed by atoms with Gasteiger partial charge < -0.3 is 14.6 Å². The van der Waals surface area contributed by atoms with Crippen molar-refractivity contribution in [1.82, 2.24) is 0 Å². The molecular weight excluding hydrogens is 339 g/mol. The van der Waals surface area contributed by atoms with Crippen molar-refractivity contribution in [3.05, 3.63) is 0 Å². The van der Waals surface area contributed by atoms with Crippen LogP contribution in [0.15, 0.2) is 0 Å². The zero-order valence-corrected chi connectivity index (χ0v) is 15.3. The summed E-state index contributed by atoms with van der Waals surface area (Å²) in [5, 5.41) is 9.50. The molecular formula is C17H26Cl2O4. The zero-order valence-electron chi connectivity index (χ0n) is 13.8. The van der Waals surface area contributed by atoms with Gasteiger partial charge in [-0.1, -0.05) is 13.8 Å². The number of alkyl halides is 2. The van der Waals surface area contributed by atoms with Gasteiger partial charge in [0.25, 0.3) is 0 Å². The van der Waals surface area contributed by atoms with E-state index in [1.807, 2.05) is 6.92 Å². The van der Waals surface area contributed by atoms with E-state index in [0.29, 0.717) is 32.5 Å². The van der Waals surface area contributed by atoms with Crippen LogP contribution in [0.2, 0.25) is 0 Å². The minimum absolute atomic E-state index is 0.0119. The zero-order chi connectivity index (χ0) is 16.8. The van der Waals surface area contributed by atoms with Crippen molar-refractivity contribution in [2.75, 3.05) is 19.8 Å². The predicted molar refractivity (Wildman–Crippen MR) is 88.7 cm³/mol. The van der Waals surface area contributed by atoms with Gasteiger partial charge in [-0.2, -0.15) is 0 Å². The molecule has 0 amide bonds. The van der Waals surface area contributed by atoms with Crippen LogP contribution < -0.4 is 0 Å². The molecule has 4 nitrogen and oxygen atoms in total. The van der Waals surface area contributed by atoms with Crippen molar-refractivity contribution in [3.8, 4) is 0 Å². The lowest BCUT2D eigenvalue weighted by Crippen LogP contribution is -2.61. The van der Waals surface area contributed by atoms with Crippen molar-refractivity contribution < 1.29 is 19.4 Å². The average molecular weight is 365 g/mol. The van der Waals surface area contributed by atoms with Gasteiger partial charge >= 0.3 is 0 Å². The Morgan fingerprint density at radius 3 is 2.52 bits per heavy atom. The first-order chi connectivity index (χ1) is 10.8. The Morgan fingerprint density at radius 1 is 1.26 bits per heavy atom. The summed E-state index contributed by atoms with van der Waals surface area (Å²) in [5.41, 5.74) is -0.753. The quantitative estimate of drug-likeness (QED) is 0.782. The number of aliphatic hydroxyl groups excluding tert-OH is 1. The van der Waals surface area contributed by atoms with Crippen LogP contribution in [0.4, 0.5) is 0 Å². The molecule has 2 saturated carbocycles. The fourth-order valence-electron chi connectivity index (χ4n) is 5.23. The third-order valence-corrected chi connectivity index (χ3v) is 7.84. The molecule has 2 unspecified atom stereocenters. The van der Waals surface area contributed by atoms with Gasteiger partial charge in [0.15, 0.2) is 6.29 Å². The summed E-state index contributed by atoms with van der Waals surface area (Å²) in [6.07, 6.45) is 2.25. The molecule has 3 aliphatic rings. The molecule has 132 valence electrons. The third kappa shape index (κ3) is 2.85. The summed E-state index contributed by atoms with van der Waals surface area (Å²) in [7, 11) is 0. The number of carbonyl (C=O) groups excluding carboxylic acids is 1. The van der Waals surface area contributed by atoms with E-state index >= 15 is 0 Å². The second-order valence-corrected chi connectivity index (χ2v) is 8.84. The molecule has 23 heavy (non-hydrogen) atoms. The largest absolute Gasteiger partial charge is 0.396 e. The van der Waals surface area contributed by atoms with Gasteiger partial charge in [0.1, 0.15) is 5.78 Å². The number of ether oxygens (including phenoxy) is 2. The van der Waals surface area contributed by atoms with Gasteiger partial charge in [-0.25, -0.2) is 0 Å². The number of carbonyl (C=O) groups is 1. The molecule has 2 aliphatic carbocycles. The summed E-state index contributed by atoms with van der Waals surface area (Å²) in [5.74, 6) is 0.280. The smallest absolute Gasteiger partial charge is 0.158 e. The topological polar surface area (TPSA) is 55.8 Å². The fraction of sp³-hybridized carbons (Fsp3) is 0.941. The first-order valence-electron chi connectivity index (χ1n) is 8.48. The highest BCUT2D eigenvalue weighted by Crippen LogP contribution is 2.62. The molecule has 0 spiro atoms. The summed E-state index contributed by atoms with van der Waals surface area (Å²) >= 11 is 13.1. The molecule has 1 N–H and O–H groups in total. The Morgan fingerprint density at radius 2 is 1.91 bits per heavy atom. The number of ketones is 1. The maximum Gasteiger partial charge on any atom is 0.158 e. The monoisotopic (exact) mass is 364 g/mol. The fourth-order valence-corrected chi connectivity index (χ4v) is 6.16. The van der Waals surface area contributed by atoms with Crippen molar-refractivity contribution in [3.63, 3.8) is 0 Å². The lowest BCUT2D eigenvalue weighted by Gasteiger charge is -2.60. The molecule has 0 aromatic rings. The van der Waals surface area contributed by atoms with Crippen LogP contribution in [0.25, 0.3) is 0 Å².